The van der Waals surface area contributed by atoms with Gasteiger partial charge in [0.1, 0.15) is 5.82 Å². The van der Waals surface area contributed by atoms with Crippen molar-refractivity contribution in [2.45, 2.75) is 11.0 Å². The molecule has 1 N–H and O–H groups in total. The Labute approximate surface area is 128 Å². The van der Waals surface area contributed by atoms with Crippen LogP contribution in [0.1, 0.15) is 11.7 Å². The van der Waals surface area contributed by atoms with Gasteiger partial charge in [-0.05, 0) is 30.3 Å². The molecule has 1 atom stereocenters. The Kier molecular flexibility index (Phi) is 5.28. The van der Waals surface area contributed by atoms with Crippen molar-refractivity contribution in [2.75, 3.05) is 5.75 Å². The second-order valence-electron chi connectivity index (χ2n) is 3.95. The van der Waals surface area contributed by atoms with E-state index in [0.29, 0.717) is 10.8 Å². The summed E-state index contributed by atoms with van der Waals surface area (Å²) in [6, 6.07) is 12.1. The monoisotopic (exact) mass is 360 g/mol. The lowest BCUT2D eigenvalue weighted by Crippen LogP contribution is -2.03. The zero-order valence-corrected chi connectivity index (χ0v) is 13.0. The minimum atomic E-state index is -0.860. The van der Waals surface area contributed by atoms with E-state index in [-0.39, 0.29) is 5.56 Å². The summed E-state index contributed by atoms with van der Waals surface area (Å²) in [5.41, 5.74) is 0.270. The normalized spacial score (nSPS) is 12.4. The molecular formula is C14H11BrClFOS. The van der Waals surface area contributed by atoms with Crippen LogP contribution in [-0.4, -0.2) is 10.9 Å². The molecule has 0 heterocycles. The van der Waals surface area contributed by atoms with Gasteiger partial charge in [-0.15, -0.1) is 11.8 Å². The van der Waals surface area contributed by atoms with E-state index in [1.165, 1.54) is 23.9 Å². The van der Waals surface area contributed by atoms with Crippen LogP contribution in [0.25, 0.3) is 0 Å². The number of aliphatic hydroxyl groups is 1. The highest BCUT2D eigenvalue weighted by Crippen LogP contribution is 2.28. The highest BCUT2D eigenvalue weighted by atomic mass is 79.9. The lowest BCUT2D eigenvalue weighted by molar-refractivity contribution is 0.199. The van der Waals surface area contributed by atoms with Gasteiger partial charge in [-0.1, -0.05) is 39.7 Å². The third kappa shape index (κ3) is 4.21. The van der Waals surface area contributed by atoms with Crippen molar-refractivity contribution in [3.05, 3.63) is 63.3 Å². The standard InChI is InChI=1S/C14H11BrClFOS/c15-9-2-1-3-11(6-9)19-8-14(18)12-5-4-10(16)7-13(12)17/h1-7,14,18H,8H2. The topological polar surface area (TPSA) is 20.2 Å². The Morgan fingerprint density at radius 1 is 1.26 bits per heavy atom. The van der Waals surface area contributed by atoms with Crippen molar-refractivity contribution >= 4 is 39.3 Å². The Morgan fingerprint density at radius 3 is 2.74 bits per heavy atom. The first-order chi connectivity index (χ1) is 9.06. The van der Waals surface area contributed by atoms with E-state index >= 15 is 0 Å². The molecule has 0 fully saturated rings. The van der Waals surface area contributed by atoms with Gasteiger partial charge in [0.2, 0.25) is 0 Å². The van der Waals surface area contributed by atoms with Crippen molar-refractivity contribution in [2.24, 2.45) is 0 Å². The van der Waals surface area contributed by atoms with Crippen molar-refractivity contribution in [1.82, 2.24) is 0 Å². The van der Waals surface area contributed by atoms with Gasteiger partial charge in [-0.3, -0.25) is 0 Å². The van der Waals surface area contributed by atoms with Crippen LogP contribution in [0.3, 0.4) is 0 Å². The summed E-state index contributed by atoms with van der Waals surface area (Å²) < 4.78 is 14.6. The van der Waals surface area contributed by atoms with E-state index in [9.17, 15) is 9.50 Å². The maximum Gasteiger partial charge on any atom is 0.130 e. The predicted molar refractivity (Wildman–Crippen MR) is 81.2 cm³/mol. The van der Waals surface area contributed by atoms with Crippen molar-refractivity contribution in [3.8, 4) is 0 Å². The largest absolute Gasteiger partial charge is 0.387 e. The summed E-state index contributed by atoms with van der Waals surface area (Å²) in [6.45, 7) is 0. The van der Waals surface area contributed by atoms with Gasteiger partial charge in [0.05, 0.1) is 6.10 Å². The maximum atomic E-state index is 13.6. The summed E-state index contributed by atoms with van der Waals surface area (Å²) in [4.78, 5) is 1.02. The minimum Gasteiger partial charge on any atom is -0.387 e. The van der Waals surface area contributed by atoms with Crippen LogP contribution in [0.5, 0.6) is 0 Å². The second kappa shape index (κ2) is 6.75. The molecule has 100 valence electrons. The molecular weight excluding hydrogens is 351 g/mol. The number of halogens is 3. The maximum absolute atomic E-state index is 13.6. The Bertz CT molecular complexity index is 579. The fourth-order valence-electron chi connectivity index (χ4n) is 1.59. The summed E-state index contributed by atoms with van der Waals surface area (Å²) in [7, 11) is 0. The van der Waals surface area contributed by atoms with Crippen molar-refractivity contribution in [1.29, 1.82) is 0 Å². The third-order valence-corrected chi connectivity index (χ3v) is 4.32. The van der Waals surface area contributed by atoms with Gasteiger partial charge >= 0.3 is 0 Å². The first-order valence-corrected chi connectivity index (χ1v) is 7.73. The molecule has 1 nitrogen and oxygen atoms in total. The predicted octanol–water partition coefficient (Wildman–Crippen LogP) is 5.07. The highest BCUT2D eigenvalue weighted by Gasteiger charge is 2.13. The molecule has 1 unspecified atom stereocenters. The summed E-state index contributed by atoms with van der Waals surface area (Å²) in [6.07, 6.45) is -0.860. The SMILES string of the molecule is OC(CSc1cccc(Br)c1)c1ccc(Cl)cc1F. The van der Waals surface area contributed by atoms with Gasteiger partial charge in [0.15, 0.2) is 0 Å². The molecule has 0 spiro atoms. The lowest BCUT2D eigenvalue weighted by Gasteiger charge is -2.12. The van der Waals surface area contributed by atoms with Gasteiger partial charge < -0.3 is 5.11 Å². The molecule has 0 bridgehead atoms. The smallest absolute Gasteiger partial charge is 0.130 e. The third-order valence-electron chi connectivity index (χ3n) is 2.53. The molecule has 2 rings (SSSR count). The fraction of sp³-hybridized carbons (Fsp3) is 0.143. The zero-order chi connectivity index (χ0) is 13.8. The lowest BCUT2D eigenvalue weighted by atomic mass is 10.1. The van der Waals surface area contributed by atoms with Crippen LogP contribution >= 0.6 is 39.3 Å². The van der Waals surface area contributed by atoms with Gasteiger partial charge in [0, 0.05) is 25.7 Å². The number of hydrogen-bond acceptors (Lipinski definition) is 2. The minimum absolute atomic E-state index is 0.270. The molecule has 0 saturated carbocycles. The summed E-state index contributed by atoms with van der Waals surface area (Å²) in [5.74, 6) is -0.0931. The van der Waals surface area contributed by atoms with E-state index in [1.54, 1.807) is 6.07 Å². The zero-order valence-electron chi connectivity index (χ0n) is 9.82. The van der Waals surface area contributed by atoms with Crippen LogP contribution in [-0.2, 0) is 0 Å². The number of aliphatic hydroxyl groups excluding tert-OH is 1. The van der Waals surface area contributed by atoms with Crippen LogP contribution in [0.4, 0.5) is 4.39 Å². The average molecular weight is 362 g/mol. The summed E-state index contributed by atoms with van der Waals surface area (Å²) in [5, 5.41) is 10.3. The number of rotatable bonds is 4. The van der Waals surface area contributed by atoms with E-state index in [2.05, 4.69) is 15.9 Å². The quantitative estimate of drug-likeness (QED) is 0.767. The van der Waals surface area contributed by atoms with Gasteiger partial charge in [-0.25, -0.2) is 4.39 Å². The Morgan fingerprint density at radius 2 is 2.05 bits per heavy atom. The van der Waals surface area contributed by atoms with Gasteiger partial charge in [-0.2, -0.15) is 0 Å². The fourth-order valence-corrected chi connectivity index (χ4v) is 3.22. The second-order valence-corrected chi connectivity index (χ2v) is 6.40. The molecule has 0 aliphatic carbocycles. The molecule has 0 aromatic heterocycles. The average Bonchev–Trinajstić information content (AvgIpc) is 2.36. The number of hydrogen-bond donors (Lipinski definition) is 1. The molecule has 0 aliphatic rings. The van der Waals surface area contributed by atoms with Crippen molar-refractivity contribution in [3.63, 3.8) is 0 Å². The molecule has 0 saturated heterocycles. The van der Waals surface area contributed by atoms with E-state index in [4.69, 9.17) is 11.6 Å². The molecule has 0 aliphatic heterocycles. The first kappa shape index (κ1) is 14.9. The molecule has 19 heavy (non-hydrogen) atoms. The van der Waals surface area contributed by atoms with Crippen LogP contribution in [0, 0.1) is 5.82 Å². The first-order valence-electron chi connectivity index (χ1n) is 5.57. The molecule has 0 amide bonds. The molecule has 2 aromatic carbocycles. The number of benzene rings is 2. The van der Waals surface area contributed by atoms with E-state index in [1.807, 2.05) is 24.3 Å². The molecule has 0 radical (unpaired) electrons. The van der Waals surface area contributed by atoms with Crippen LogP contribution in [0.2, 0.25) is 5.02 Å². The van der Waals surface area contributed by atoms with Crippen LogP contribution < -0.4 is 0 Å². The highest BCUT2D eigenvalue weighted by molar-refractivity contribution is 9.10. The van der Waals surface area contributed by atoms with Crippen molar-refractivity contribution < 1.29 is 9.50 Å². The van der Waals surface area contributed by atoms with Gasteiger partial charge in [0.25, 0.3) is 0 Å². The molecule has 2 aromatic rings. The Balaban J connectivity index is 2.03. The summed E-state index contributed by atoms with van der Waals surface area (Å²) >= 11 is 10.5. The Hall–Kier alpha value is -0.550. The van der Waals surface area contributed by atoms with Crippen LogP contribution in [0.15, 0.2) is 51.8 Å². The van der Waals surface area contributed by atoms with E-state index in [0.717, 1.165) is 9.37 Å². The molecule has 5 heteroatoms. The number of thioether (sulfide) groups is 1. The van der Waals surface area contributed by atoms with E-state index < -0.39 is 11.9 Å².